The molecule has 1 aliphatic carbocycles. The van der Waals surface area contributed by atoms with E-state index in [0.717, 1.165) is 24.8 Å². The lowest BCUT2D eigenvalue weighted by Gasteiger charge is -2.28. The number of unbranched alkanes of at least 4 members (excludes halogenated alkanes) is 2. The van der Waals surface area contributed by atoms with Crippen molar-refractivity contribution in [3.8, 4) is 5.06 Å². The van der Waals surface area contributed by atoms with Gasteiger partial charge in [-0.05, 0) is 55.5 Å². The van der Waals surface area contributed by atoms with Crippen molar-refractivity contribution in [3.05, 3.63) is 17.0 Å². The molecule has 0 spiro atoms. The van der Waals surface area contributed by atoms with Crippen LogP contribution < -0.4 is 4.74 Å². The van der Waals surface area contributed by atoms with Crippen LogP contribution in [0.25, 0.3) is 0 Å². The molecule has 1 saturated carbocycles. The maximum atomic E-state index is 12.6. The Balaban J connectivity index is 1.79. The van der Waals surface area contributed by atoms with Gasteiger partial charge in [0.15, 0.2) is 5.06 Å². The Bertz CT molecular complexity index is 502. The van der Waals surface area contributed by atoms with E-state index in [-0.39, 0.29) is 31.7 Å². The summed E-state index contributed by atoms with van der Waals surface area (Å²) in [7, 11) is 0. The Kier molecular flexibility index (Phi) is 6.50. The zero-order chi connectivity index (χ0) is 16.9. The van der Waals surface area contributed by atoms with E-state index in [9.17, 15) is 18.0 Å². The van der Waals surface area contributed by atoms with Crippen LogP contribution in [0.1, 0.15) is 57.4 Å². The minimum absolute atomic E-state index is 0.0238. The normalized spacial score (nSPS) is 22.1. The number of carbonyl (C=O) groups excluding carboxylic acids is 1. The summed E-state index contributed by atoms with van der Waals surface area (Å²) in [6, 6.07) is 1.87. The van der Waals surface area contributed by atoms with Gasteiger partial charge in [0.25, 0.3) is 0 Å². The van der Waals surface area contributed by atoms with Crippen molar-refractivity contribution in [2.45, 2.75) is 64.5 Å². The fourth-order valence-electron chi connectivity index (χ4n) is 2.96. The first kappa shape index (κ1) is 18.3. The van der Waals surface area contributed by atoms with Crippen LogP contribution in [-0.4, -0.2) is 12.1 Å². The highest BCUT2D eigenvalue weighted by Gasteiger charge is 2.42. The van der Waals surface area contributed by atoms with Gasteiger partial charge in [0.2, 0.25) is 0 Å². The molecule has 1 aromatic heterocycles. The highest BCUT2D eigenvalue weighted by atomic mass is 32.1. The first-order valence-electron chi connectivity index (χ1n) is 8.26. The average Bonchev–Trinajstić information content (AvgIpc) is 2.94. The molecule has 1 aromatic rings. The maximum Gasteiger partial charge on any atom is 0.391 e. The third kappa shape index (κ3) is 5.52. The second-order valence-electron chi connectivity index (χ2n) is 6.24. The second kappa shape index (κ2) is 8.18. The van der Waals surface area contributed by atoms with Gasteiger partial charge in [-0.3, -0.25) is 4.79 Å². The molecule has 0 atom stereocenters. The van der Waals surface area contributed by atoms with Crippen LogP contribution in [0.15, 0.2) is 11.4 Å². The van der Waals surface area contributed by atoms with E-state index in [4.69, 9.17) is 4.74 Å². The quantitative estimate of drug-likeness (QED) is 0.483. The van der Waals surface area contributed by atoms with Crippen molar-refractivity contribution in [2.24, 2.45) is 11.8 Å². The van der Waals surface area contributed by atoms with E-state index < -0.39 is 18.0 Å². The van der Waals surface area contributed by atoms with Gasteiger partial charge in [0.05, 0.1) is 11.8 Å². The fraction of sp³-hybridized carbons (Fsp3) is 0.706. The van der Waals surface area contributed by atoms with Crippen LogP contribution in [0.5, 0.6) is 5.06 Å². The topological polar surface area (TPSA) is 26.3 Å². The van der Waals surface area contributed by atoms with Crippen molar-refractivity contribution in [3.63, 3.8) is 0 Å². The lowest BCUT2D eigenvalue weighted by atomic mass is 9.82. The monoisotopic (exact) mass is 348 g/mol. The van der Waals surface area contributed by atoms with Gasteiger partial charge in [-0.25, -0.2) is 0 Å². The molecular weight excluding hydrogens is 325 g/mol. The summed E-state index contributed by atoms with van der Waals surface area (Å²) < 4.78 is 43.3. The molecule has 0 aromatic carbocycles. The lowest BCUT2D eigenvalue weighted by Crippen LogP contribution is -2.31. The van der Waals surface area contributed by atoms with Gasteiger partial charge >= 0.3 is 12.1 Å². The lowest BCUT2D eigenvalue weighted by molar-refractivity contribution is -0.185. The van der Waals surface area contributed by atoms with Crippen molar-refractivity contribution in [2.75, 3.05) is 0 Å². The van der Waals surface area contributed by atoms with Gasteiger partial charge < -0.3 is 4.74 Å². The van der Waals surface area contributed by atoms with E-state index in [1.807, 2.05) is 11.4 Å². The zero-order valence-electron chi connectivity index (χ0n) is 13.3. The summed E-state index contributed by atoms with van der Waals surface area (Å²) in [6.07, 6.45) is 0.845. The first-order chi connectivity index (χ1) is 10.9. The molecule has 6 heteroatoms. The van der Waals surface area contributed by atoms with E-state index in [1.165, 1.54) is 17.8 Å². The van der Waals surface area contributed by atoms with Crippen LogP contribution in [0.4, 0.5) is 13.2 Å². The molecular formula is C17H23F3O2S. The molecule has 0 radical (unpaired) electrons. The van der Waals surface area contributed by atoms with Crippen molar-refractivity contribution in [1.82, 2.24) is 0 Å². The molecule has 130 valence electrons. The molecule has 1 heterocycles. The van der Waals surface area contributed by atoms with Crippen molar-refractivity contribution in [1.29, 1.82) is 0 Å². The summed E-state index contributed by atoms with van der Waals surface area (Å²) in [5.41, 5.74) is 1.16. The number of halogens is 3. The fourth-order valence-corrected chi connectivity index (χ4v) is 3.76. The van der Waals surface area contributed by atoms with Crippen molar-refractivity contribution < 1.29 is 22.7 Å². The molecule has 0 unspecified atom stereocenters. The molecule has 0 bridgehead atoms. The molecule has 1 fully saturated rings. The van der Waals surface area contributed by atoms with Gasteiger partial charge in [-0.1, -0.05) is 19.8 Å². The van der Waals surface area contributed by atoms with Crippen LogP contribution in [0.2, 0.25) is 0 Å². The number of alkyl halides is 3. The number of esters is 1. The number of hydrogen-bond donors (Lipinski definition) is 0. The number of ether oxygens (including phenoxy) is 1. The van der Waals surface area contributed by atoms with Crippen LogP contribution in [-0.2, 0) is 11.2 Å². The summed E-state index contributed by atoms with van der Waals surface area (Å²) >= 11 is 1.38. The van der Waals surface area contributed by atoms with Crippen molar-refractivity contribution >= 4 is 17.3 Å². The largest absolute Gasteiger partial charge is 0.415 e. The Hall–Kier alpha value is -1.04. The zero-order valence-corrected chi connectivity index (χ0v) is 14.1. The Morgan fingerprint density at radius 3 is 2.57 bits per heavy atom. The minimum atomic E-state index is -4.14. The third-order valence-electron chi connectivity index (χ3n) is 4.42. The minimum Gasteiger partial charge on any atom is -0.415 e. The number of carbonyl (C=O) groups is 1. The summed E-state index contributed by atoms with van der Waals surface area (Å²) in [5, 5.41) is 2.54. The van der Waals surface area contributed by atoms with Crippen LogP contribution in [0, 0.1) is 11.8 Å². The second-order valence-corrected chi connectivity index (χ2v) is 7.12. The highest BCUT2D eigenvalue weighted by molar-refractivity contribution is 7.12. The molecule has 0 saturated heterocycles. The van der Waals surface area contributed by atoms with E-state index in [2.05, 4.69) is 6.92 Å². The Morgan fingerprint density at radius 1 is 1.26 bits per heavy atom. The molecule has 2 rings (SSSR count). The molecule has 0 aliphatic heterocycles. The number of rotatable bonds is 6. The van der Waals surface area contributed by atoms with E-state index in [0.29, 0.717) is 5.06 Å². The van der Waals surface area contributed by atoms with Crippen LogP contribution in [0.3, 0.4) is 0 Å². The molecule has 0 amide bonds. The molecule has 2 nitrogen and oxygen atoms in total. The van der Waals surface area contributed by atoms with Gasteiger partial charge in [0.1, 0.15) is 0 Å². The number of hydrogen-bond acceptors (Lipinski definition) is 3. The Morgan fingerprint density at radius 2 is 1.96 bits per heavy atom. The summed E-state index contributed by atoms with van der Waals surface area (Å²) in [5.74, 6) is -2.05. The predicted molar refractivity (Wildman–Crippen MR) is 84.7 cm³/mol. The average molecular weight is 348 g/mol. The van der Waals surface area contributed by atoms with Gasteiger partial charge in [0, 0.05) is 0 Å². The maximum absolute atomic E-state index is 12.6. The number of aryl methyl sites for hydroxylation is 1. The first-order valence-corrected chi connectivity index (χ1v) is 9.14. The summed E-state index contributed by atoms with van der Waals surface area (Å²) in [6.45, 7) is 2.15. The van der Waals surface area contributed by atoms with Crippen LogP contribution >= 0.6 is 11.3 Å². The molecule has 23 heavy (non-hydrogen) atoms. The van der Waals surface area contributed by atoms with Gasteiger partial charge in [-0.2, -0.15) is 13.2 Å². The van der Waals surface area contributed by atoms with Gasteiger partial charge in [-0.15, -0.1) is 11.3 Å². The third-order valence-corrected chi connectivity index (χ3v) is 5.28. The molecule has 1 aliphatic rings. The Labute approximate surface area is 139 Å². The SMILES string of the molecule is CCCCCc1csc(OC(=O)C2CCC(C(F)(F)F)CC2)c1. The smallest absolute Gasteiger partial charge is 0.391 e. The summed E-state index contributed by atoms with van der Waals surface area (Å²) in [4.78, 5) is 12.1. The standard InChI is InChI=1S/C17H23F3O2S/c1-2-3-4-5-12-10-15(23-11-12)22-16(21)13-6-8-14(9-7-13)17(18,19)20/h10-11,13-14H,2-9H2,1H3. The predicted octanol–water partition coefficient (Wildman–Crippen LogP) is 5.75. The van der Waals surface area contributed by atoms with E-state index >= 15 is 0 Å². The molecule has 0 N–H and O–H groups in total. The number of thiophene rings is 1. The highest BCUT2D eigenvalue weighted by Crippen LogP contribution is 2.40. The van der Waals surface area contributed by atoms with E-state index in [1.54, 1.807) is 0 Å².